The molecule has 1 N–H and O–H groups in total. The van der Waals surface area contributed by atoms with Gasteiger partial charge in [-0.3, -0.25) is 14.4 Å². The van der Waals surface area contributed by atoms with E-state index in [2.05, 4.69) is 11.4 Å². The SMILES string of the molecule is O=C(C[C@@H]1COCCN1C(=O)CN1CCCCC1=O)NCC1=CCCCC1. The molecule has 2 heterocycles. The molecule has 0 saturated carbocycles. The quantitative estimate of drug-likeness (QED) is 0.706. The number of amides is 3. The van der Waals surface area contributed by atoms with Crippen LogP contribution in [0.15, 0.2) is 11.6 Å². The van der Waals surface area contributed by atoms with Crippen molar-refractivity contribution in [3.8, 4) is 0 Å². The number of likely N-dealkylation sites (tertiary alicyclic amines) is 1. The molecule has 0 bridgehead atoms. The second-order valence-electron chi connectivity index (χ2n) is 7.68. The third-order valence-corrected chi connectivity index (χ3v) is 5.61. The number of ether oxygens (including phenoxy) is 1. The Balaban J connectivity index is 1.49. The molecule has 2 saturated heterocycles. The van der Waals surface area contributed by atoms with E-state index in [0.717, 1.165) is 25.7 Å². The minimum Gasteiger partial charge on any atom is -0.377 e. The Morgan fingerprint density at radius 3 is 2.78 bits per heavy atom. The minimum atomic E-state index is -0.258. The van der Waals surface area contributed by atoms with Gasteiger partial charge in [-0.25, -0.2) is 0 Å². The summed E-state index contributed by atoms with van der Waals surface area (Å²) in [4.78, 5) is 40.5. The molecule has 150 valence electrons. The van der Waals surface area contributed by atoms with Crippen LogP contribution in [0, 0.1) is 0 Å². The molecule has 7 nitrogen and oxygen atoms in total. The summed E-state index contributed by atoms with van der Waals surface area (Å²) in [5.41, 5.74) is 1.30. The highest BCUT2D eigenvalue weighted by atomic mass is 16.5. The fourth-order valence-corrected chi connectivity index (χ4v) is 4.00. The van der Waals surface area contributed by atoms with Crippen LogP contribution in [-0.2, 0) is 19.1 Å². The van der Waals surface area contributed by atoms with Gasteiger partial charge in [-0.2, -0.15) is 0 Å². The first-order valence-corrected chi connectivity index (χ1v) is 10.2. The van der Waals surface area contributed by atoms with E-state index in [1.54, 1.807) is 9.80 Å². The minimum absolute atomic E-state index is 0.0520. The molecule has 2 fully saturated rings. The van der Waals surface area contributed by atoms with Gasteiger partial charge >= 0.3 is 0 Å². The highest BCUT2D eigenvalue weighted by molar-refractivity contribution is 5.86. The van der Waals surface area contributed by atoms with Gasteiger partial charge in [-0.1, -0.05) is 11.6 Å². The molecular formula is C20H31N3O4. The van der Waals surface area contributed by atoms with Gasteiger partial charge in [-0.15, -0.1) is 0 Å². The van der Waals surface area contributed by atoms with Crippen molar-refractivity contribution in [2.24, 2.45) is 0 Å². The molecule has 3 rings (SSSR count). The predicted molar refractivity (Wildman–Crippen MR) is 101 cm³/mol. The molecule has 7 heteroatoms. The summed E-state index contributed by atoms with van der Waals surface area (Å²) in [7, 11) is 0. The maximum absolute atomic E-state index is 12.7. The smallest absolute Gasteiger partial charge is 0.242 e. The maximum atomic E-state index is 12.7. The van der Waals surface area contributed by atoms with E-state index >= 15 is 0 Å². The van der Waals surface area contributed by atoms with Gasteiger partial charge in [0.2, 0.25) is 17.7 Å². The van der Waals surface area contributed by atoms with Crippen LogP contribution in [-0.4, -0.2) is 73.0 Å². The standard InChI is InChI=1S/C20H31N3O4/c24-18(21-13-16-6-2-1-3-7-16)12-17-15-27-11-10-23(17)20(26)14-22-9-5-4-8-19(22)25/h6,17H,1-5,7-15H2,(H,21,24)/t17-/m1/s1. The first kappa shape index (κ1) is 19.9. The topological polar surface area (TPSA) is 79.0 Å². The molecule has 27 heavy (non-hydrogen) atoms. The molecule has 0 unspecified atom stereocenters. The van der Waals surface area contributed by atoms with E-state index in [0.29, 0.717) is 39.3 Å². The van der Waals surface area contributed by atoms with E-state index in [1.807, 2.05) is 0 Å². The number of hydrogen-bond donors (Lipinski definition) is 1. The van der Waals surface area contributed by atoms with Crippen LogP contribution < -0.4 is 5.32 Å². The Labute approximate surface area is 161 Å². The lowest BCUT2D eigenvalue weighted by atomic mass is 9.99. The van der Waals surface area contributed by atoms with Crippen molar-refractivity contribution in [1.82, 2.24) is 15.1 Å². The van der Waals surface area contributed by atoms with Crippen LogP contribution >= 0.6 is 0 Å². The molecule has 1 atom stereocenters. The highest BCUT2D eigenvalue weighted by Crippen LogP contribution is 2.17. The number of carbonyl (C=O) groups is 3. The summed E-state index contributed by atoms with van der Waals surface area (Å²) in [6, 6.07) is -0.258. The molecular weight excluding hydrogens is 346 g/mol. The lowest BCUT2D eigenvalue weighted by molar-refractivity contribution is -0.148. The zero-order valence-corrected chi connectivity index (χ0v) is 16.1. The zero-order chi connectivity index (χ0) is 19.1. The maximum Gasteiger partial charge on any atom is 0.242 e. The Kier molecular flexibility index (Phi) is 7.26. The van der Waals surface area contributed by atoms with Gasteiger partial charge < -0.3 is 19.9 Å². The second kappa shape index (κ2) is 9.88. The fraction of sp³-hybridized carbons (Fsp3) is 0.750. The molecule has 0 aromatic carbocycles. The summed E-state index contributed by atoms with van der Waals surface area (Å²) in [5.74, 6) is -0.0805. The van der Waals surface area contributed by atoms with Crippen LogP contribution in [0.3, 0.4) is 0 Å². The molecule has 2 aliphatic heterocycles. The van der Waals surface area contributed by atoms with E-state index in [4.69, 9.17) is 4.74 Å². The number of rotatable bonds is 6. The Hall–Kier alpha value is -1.89. The van der Waals surface area contributed by atoms with Crippen molar-refractivity contribution in [2.45, 2.75) is 57.4 Å². The molecule has 0 aromatic rings. The van der Waals surface area contributed by atoms with E-state index in [1.165, 1.54) is 18.4 Å². The lowest BCUT2D eigenvalue weighted by Gasteiger charge is -2.37. The van der Waals surface area contributed by atoms with Crippen LogP contribution in [0.2, 0.25) is 0 Å². The van der Waals surface area contributed by atoms with Crippen LogP contribution in [0.1, 0.15) is 51.4 Å². The summed E-state index contributed by atoms with van der Waals surface area (Å²) < 4.78 is 5.50. The zero-order valence-electron chi connectivity index (χ0n) is 16.1. The number of morpholine rings is 1. The Morgan fingerprint density at radius 1 is 1.15 bits per heavy atom. The van der Waals surface area contributed by atoms with E-state index in [-0.39, 0.29) is 36.7 Å². The average Bonchev–Trinajstić information content (AvgIpc) is 2.69. The van der Waals surface area contributed by atoms with Crippen molar-refractivity contribution >= 4 is 17.7 Å². The molecule has 0 aromatic heterocycles. The highest BCUT2D eigenvalue weighted by Gasteiger charge is 2.31. The number of nitrogens with one attached hydrogen (secondary N) is 1. The van der Waals surface area contributed by atoms with Crippen molar-refractivity contribution in [3.63, 3.8) is 0 Å². The summed E-state index contributed by atoms with van der Waals surface area (Å²) >= 11 is 0. The van der Waals surface area contributed by atoms with Gasteiger partial charge in [0.15, 0.2) is 0 Å². The molecule has 3 amide bonds. The van der Waals surface area contributed by atoms with Crippen LogP contribution in [0.5, 0.6) is 0 Å². The van der Waals surface area contributed by atoms with Crippen LogP contribution in [0.4, 0.5) is 0 Å². The average molecular weight is 377 g/mol. The van der Waals surface area contributed by atoms with Crippen molar-refractivity contribution in [3.05, 3.63) is 11.6 Å². The third kappa shape index (κ3) is 5.79. The molecule has 0 radical (unpaired) electrons. The normalized spacial score (nSPS) is 23.8. The monoisotopic (exact) mass is 377 g/mol. The fourth-order valence-electron chi connectivity index (χ4n) is 4.00. The second-order valence-corrected chi connectivity index (χ2v) is 7.68. The van der Waals surface area contributed by atoms with Gasteiger partial charge in [0.25, 0.3) is 0 Å². The lowest BCUT2D eigenvalue weighted by Crippen LogP contribution is -2.54. The van der Waals surface area contributed by atoms with Gasteiger partial charge in [0, 0.05) is 32.5 Å². The number of nitrogens with zero attached hydrogens (tertiary/aromatic N) is 2. The summed E-state index contributed by atoms with van der Waals surface area (Å²) in [5, 5.41) is 2.98. The van der Waals surface area contributed by atoms with E-state index < -0.39 is 0 Å². The molecule has 3 aliphatic rings. The predicted octanol–water partition coefficient (Wildman–Crippen LogP) is 1.23. The number of hydrogen-bond acceptors (Lipinski definition) is 4. The van der Waals surface area contributed by atoms with Gasteiger partial charge in [-0.05, 0) is 38.5 Å². The van der Waals surface area contributed by atoms with Crippen molar-refractivity contribution in [1.29, 1.82) is 0 Å². The molecule has 1 aliphatic carbocycles. The first-order chi connectivity index (χ1) is 13.1. The Bertz CT molecular complexity index is 590. The van der Waals surface area contributed by atoms with Gasteiger partial charge in [0.1, 0.15) is 0 Å². The summed E-state index contributed by atoms with van der Waals surface area (Å²) in [6.45, 7) is 2.69. The molecule has 0 spiro atoms. The van der Waals surface area contributed by atoms with Crippen molar-refractivity contribution in [2.75, 3.05) is 39.4 Å². The third-order valence-electron chi connectivity index (χ3n) is 5.61. The summed E-state index contributed by atoms with van der Waals surface area (Å²) in [6.07, 6.45) is 9.41. The Morgan fingerprint density at radius 2 is 2.00 bits per heavy atom. The van der Waals surface area contributed by atoms with Crippen LogP contribution in [0.25, 0.3) is 0 Å². The first-order valence-electron chi connectivity index (χ1n) is 10.2. The van der Waals surface area contributed by atoms with Gasteiger partial charge in [0.05, 0.1) is 25.8 Å². The number of carbonyl (C=O) groups excluding carboxylic acids is 3. The number of allylic oxidation sites excluding steroid dienone is 1. The van der Waals surface area contributed by atoms with Crippen molar-refractivity contribution < 1.29 is 19.1 Å². The van der Waals surface area contributed by atoms with E-state index in [9.17, 15) is 14.4 Å². The number of piperidine rings is 1. The largest absolute Gasteiger partial charge is 0.377 e.